The number of rotatable bonds is 14. The van der Waals surface area contributed by atoms with Crippen molar-refractivity contribution in [1.29, 1.82) is 0 Å². The molecule has 1 saturated heterocycles. The minimum Gasteiger partial charge on any atom is -0.353 e. The maximum Gasteiger partial charge on any atom is 0.272 e. The van der Waals surface area contributed by atoms with Crippen LogP contribution in [0.15, 0.2) is 66.5 Å². The van der Waals surface area contributed by atoms with Crippen LogP contribution in [-0.4, -0.2) is 66.2 Å². The van der Waals surface area contributed by atoms with Crippen molar-refractivity contribution in [3.8, 4) is 0 Å². The van der Waals surface area contributed by atoms with Gasteiger partial charge in [0.05, 0.1) is 6.61 Å². The van der Waals surface area contributed by atoms with E-state index in [4.69, 9.17) is 21.1 Å². The second-order valence-electron chi connectivity index (χ2n) is 10.8. The number of ether oxygens (including phenoxy) is 2. The minimum atomic E-state index is -0.201. The number of likely N-dealkylation sites (N-methyl/N-ethyl adjacent to an activating group) is 1. The maximum atomic E-state index is 14.3. The summed E-state index contributed by atoms with van der Waals surface area (Å²) in [7, 11) is 1.78. The lowest BCUT2D eigenvalue weighted by Crippen LogP contribution is -2.40. The Labute approximate surface area is 250 Å². The van der Waals surface area contributed by atoms with Crippen molar-refractivity contribution >= 4 is 29.6 Å². The summed E-state index contributed by atoms with van der Waals surface area (Å²) in [6, 6.07) is 15.4. The van der Waals surface area contributed by atoms with Crippen molar-refractivity contribution < 1.29 is 19.1 Å². The number of aryl methyl sites for hydroxylation is 1. The Hall–Kier alpha value is -3.13. The molecule has 0 saturated carbocycles. The SMILES string of the molecule is C=C(c1ccc(Cl)cc1C)N(Cc1ccccc1)/C(C(=O)N(C)CCCOC1CCCCO1)=C(\C)N(C=O)C(C)C. The molecule has 1 fully saturated rings. The first-order valence-electron chi connectivity index (χ1n) is 14.3. The van der Waals surface area contributed by atoms with Gasteiger partial charge in [0.15, 0.2) is 6.29 Å². The summed E-state index contributed by atoms with van der Waals surface area (Å²) in [5, 5.41) is 0.629. The summed E-state index contributed by atoms with van der Waals surface area (Å²) >= 11 is 6.26. The molecule has 8 heteroatoms. The van der Waals surface area contributed by atoms with Crippen LogP contribution < -0.4 is 0 Å². The molecule has 0 radical (unpaired) electrons. The predicted octanol–water partition coefficient (Wildman–Crippen LogP) is 6.61. The Balaban J connectivity index is 1.98. The number of halogens is 1. The molecule has 1 aliphatic heterocycles. The Morgan fingerprint density at radius 2 is 1.93 bits per heavy atom. The van der Waals surface area contributed by atoms with Gasteiger partial charge < -0.3 is 24.2 Å². The number of allylic oxidation sites excluding steroid dienone is 1. The molecule has 0 spiro atoms. The molecule has 2 amide bonds. The zero-order valence-corrected chi connectivity index (χ0v) is 25.8. The highest BCUT2D eigenvalue weighted by molar-refractivity contribution is 6.30. The van der Waals surface area contributed by atoms with E-state index >= 15 is 0 Å². The standard InChI is InChI=1S/C33H44ClN3O4/c1-24(2)37(23-38)27(5)32(33(39)35(6)18-12-20-41-31-15-10-11-19-40-31)36(22-28-13-8-7-9-14-28)26(4)30-17-16-29(34)21-25(30)3/h7-9,13-14,16-17,21,23-24,31H,4,10-12,15,18-20,22H2,1-3,5-6H3/b32-27+. The molecule has 2 aromatic rings. The lowest BCUT2D eigenvalue weighted by molar-refractivity contribution is -0.163. The molecule has 1 unspecified atom stereocenters. The van der Waals surface area contributed by atoms with E-state index in [-0.39, 0.29) is 18.2 Å². The molecule has 2 aromatic carbocycles. The maximum absolute atomic E-state index is 14.3. The van der Waals surface area contributed by atoms with E-state index < -0.39 is 0 Å². The van der Waals surface area contributed by atoms with Crippen molar-refractivity contribution in [1.82, 2.24) is 14.7 Å². The number of hydrogen-bond acceptors (Lipinski definition) is 5. The van der Waals surface area contributed by atoms with Crippen LogP contribution in [0.3, 0.4) is 0 Å². The van der Waals surface area contributed by atoms with E-state index in [9.17, 15) is 9.59 Å². The van der Waals surface area contributed by atoms with Gasteiger partial charge in [0, 0.05) is 54.8 Å². The molecule has 222 valence electrons. The van der Waals surface area contributed by atoms with Crippen LogP contribution >= 0.6 is 11.6 Å². The van der Waals surface area contributed by atoms with Gasteiger partial charge in [0.1, 0.15) is 5.70 Å². The van der Waals surface area contributed by atoms with E-state index in [1.54, 1.807) is 16.8 Å². The molecule has 3 rings (SSSR count). The number of hydrogen-bond donors (Lipinski definition) is 0. The van der Waals surface area contributed by atoms with Crippen LogP contribution in [0, 0.1) is 6.92 Å². The van der Waals surface area contributed by atoms with Gasteiger partial charge in [-0.15, -0.1) is 0 Å². The molecule has 1 heterocycles. The molecule has 0 N–H and O–H groups in total. The van der Waals surface area contributed by atoms with E-state index in [0.29, 0.717) is 48.2 Å². The largest absolute Gasteiger partial charge is 0.353 e. The molecule has 41 heavy (non-hydrogen) atoms. The molecule has 0 aromatic heterocycles. The third-order valence-corrected chi connectivity index (χ3v) is 7.54. The molecular weight excluding hydrogens is 538 g/mol. The van der Waals surface area contributed by atoms with E-state index in [1.807, 2.05) is 81.1 Å². The van der Waals surface area contributed by atoms with E-state index in [1.165, 1.54) is 0 Å². The predicted molar refractivity (Wildman–Crippen MR) is 165 cm³/mol. The fourth-order valence-electron chi connectivity index (χ4n) is 4.99. The molecular formula is C33H44ClN3O4. The number of nitrogens with zero attached hydrogens (tertiary/aromatic N) is 3. The van der Waals surface area contributed by atoms with Crippen LogP contribution in [0.5, 0.6) is 0 Å². The monoisotopic (exact) mass is 581 g/mol. The van der Waals surface area contributed by atoms with Gasteiger partial charge >= 0.3 is 0 Å². The van der Waals surface area contributed by atoms with Crippen LogP contribution in [0.2, 0.25) is 5.02 Å². The molecule has 0 aliphatic carbocycles. The van der Waals surface area contributed by atoms with Crippen LogP contribution in [0.1, 0.15) is 63.1 Å². The van der Waals surface area contributed by atoms with Gasteiger partial charge in [0.25, 0.3) is 5.91 Å². The van der Waals surface area contributed by atoms with Crippen molar-refractivity contribution in [2.45, 2.75) is 72.3 Å². The zero-order valence-electron chi connectivity index (χ0n) is 25.1. The fourth-order valence-corrected chi connectivity index (χ4v) is 5.22. The summed E-state index contributed by atoms with van der Waals surface area (Å²) in [6.07, 6.45) is 4.35. The van der Waals surface area contributed by atoms with Gasteiger partial charge in [-0.1, -0.05) is 54.6 Å². The highest BCUT2D eigenvalue weighted by Crippen LogP contribution is 2.31. The summed E-state index contributed by atoms with van der Waals surface area (Å²) in [4.78, 5) is 31.7. The first-order chi connectivity index (χ1) is 19.6. The third kappa shape index (κ3) is 8.93. The Kier molecular flexibility index (Phi) is 12.4. The topological polar surface area (TPSA) is 62.3 Å². The molecule has 1 aliphatic rings. The smallest absolute Gasteiger partial charge is 0.272 e. The van der Waals surface area contributed by atoms with Gasteiger partial charge in [-0.05, 0) is 76.6 Å². The first-order valence-corrected chi connectivity index (χ1v) is 14.7. The van der Waals surface area contributed by atoms with Gasteiger partial charge in [-0.3, -0.25) is 9.59 Å². The number of carbonyl (C=O) groups excluding carboxylic acids is 2. The summed E-state index contributed by atoms with van der Waals surface area (Å²) < 4.78 is 11.6. The van der Waals surface area contributed by atoms with Crippen LogP contribution in [0.4, 0.5) is 0 Å². The lowest BCUT2D eigenvalue weighted by Gasteiger charge is -2.35. The van der Waals surface area contributed by atoms with E-state index in [2.05, 4.69) is 6.58 Å². The summed E-state index contributed by atoms with van der Waals surface area (Å²) in [5.41, 5.74) is 4.41. The Morgan fingerprint density at radius 3 is 2.54 bits per heavy atom. The Bertz CT molecular complexity index is 1210. The lowest BCUT2D eigenvalue weighted by atomic mass is 10.0. The van der Waals surface area contributed by atoms with Gasteiger partial charge in [-0.2, -0.15) is 0 Å². The van der Waals surface area contributed by atoms with Crippen LogP contribution in [-0.2, 0) is 25.6 Å². The van der Waals surface area contributed by atoms with Gasteiger partial charge in [-0.25, -0.2) is 0 Å². The third-order valence-electron chi connectivity index (χ3n) is 7.31. The van der Waals surface area contributed by atoms with Crippen molar-refractivity contribution in [3.05, 3.63) is 88.2 Å². The first kappa shape index (κ1) is 32.4. The van der Waals surface area contributed by atoms with Crippen LogP contribution in [0.25, 0.3) is 5.70 Å². The quantitative estimate of drug-likeness (QED) is 0.143. The fraction of sp³-hybridized carbons (Fsp3) is 0.455. The second kappa shape index (κ2) is 15.8. The van der Waals surface area contributed by atoms with Gasteiger partial charge in [0.2, 0.25) is 6.41 Å². The van der Waals surface area contributed by atoms with E-state index in [0.717, 1.165) is 49.0 Å². The number of amides is 2. The average molecular weight is 582 g/mol. The minimum absolute atomic E-state index is 0.145. The highest BCUT2D eigenvalue weighted by atomic mass is 35.5. The molecule has 1 atom stereocenters. The normalized spacial score (nSPS) is 15.7. The zero-order chi connectivity index (χ0) is 29.9. The average Bonchev–Trinajstić information content (AvgIpc) is 2.95. The second-order valence-corrected chi connectivity index (χ2v) is 11.2. The van der Waals surface area contributed by atoms with Crippen molar-refractivity contribution in [3.63, 3.8) is 0 Å². The number of benzene rings is 2. The summed E-state index contributed by atoms with van der Waals surface area (Å²) in [6.45, 7) is 14.2. The highest BCUT2D eigenvalue weighted by Gasteiger charge is 2.29. The molecule has 7 nitrogen and oxygen atoms in total. The van der Waals surface area contributed by atoms with Crippen molar-refractivity contribution in [2.75, 3.05) is 26.8 Å². The summed E-state index contributed by atoms with van der Waals surface area (Å²) in [5.74, 6) is -0.201. The molecule has 0 bridgehead atoms. The number of carbonyl (C=O) groups is 2. The Morgan fingerprint density at radius 1 is 1.20 bits per heavy atom. The van der Waals surface area contributed by atoms with Crippen molar-refractivity contribution in [2.24, 2.45) is 0 Å².